The fourth-order valence-electron chi connectivity index (χ4n) is 2.98. The quantitative estimate of drug-likeness (QED) is 0.274. The van der Waals surface area contributed by atoms with Gasteiger partial charge in [-0.05, 0) is 36.2 Å². The van der Waals surface area contributed by atoms with Crippen LogP contribution in [0, 0.1) is 0 Å². The number of hydrogen-bond donors (Lipinski definition) is 1. The Bertz CT molecular complexity index is 1130. The maximum Gasteiger partial charge on any atom is 0.237 e. The normalized spacial score (nSPS) is 12.1. The van der Waals surface area contributed by atoms with E-state index in [0.717, 1.165) is 32.1 Å². The highest BCUT2D eigenvalue weighted by Crippen LogP contribution is 2.39. The monoisotopic (exact) mass is 439 g/mol. The van der Waals surface area contributed by atoms with Gasteiger partial charge in [-0.15, -0.1) is 11.3 Å². The molecule has 0 saturated heterocycles. The van der Waals surface area contributed by atoms with E-state index < -0.39 is 0 Å². The molecule has 146 valence electrons. The molecule has 0 radical (unpaired) electrons. The third kappa shape index (κ3) is 4.45. The van der Waals surface area contributed by atoms with Crippen molar-refractivity contribution in [3.8, 4) is 11.1 Å². The number of thiophene rings is 1. The van der Waals surface area contributed by atoms with E-state index in [-0.39, 0.29) is 11.2 Å². The number of hydrogen-bond acceptors (Lipinski definition) is 5. The molecule has 0 aliphatic heterocycles. The summed E-state index contributed by atoms with van der Waals surface area (Å²) in [6.07, 6.45) is 2.25. The number of rotatable bonds is 6. The molecule has 1 N–H and O–H groups in total. The van der Waals surface area contributed by atoms with E-state index in [0.29, 0.717) is 11.4 Å². The van der Waals surface area contributed by atoms with Crippen LogP contribution in [0.3, 0.4) is 0 Å². The van der Waals surface area contributed by atoms with Gasteiger partial charge in [-0.3, -0.25) is 4.79 Å². The van der Waals surface area contributed by atoms with Crippen molar-refractivity contribution >= 4 is 56.5 Å². The van der Waals surface area contributed by atoms with E-state index in [4.69, 9.17) is 11.6 Å². The SMILES string of the molecule is CCC(Sc1ncnc2scc(-c3ccc(Cl)cc3)c12)C(=O)Nc1ccccc1. The fourth-order valence-corrected chi connectivity index (χ4v) is 5.12. The summed E-state index contributed by atoms with van der Waals surface area (Å²) in [5.74, 6) is -0.0289. The predicted octanol–water partition coefficient (Wildman–Crippen LogP) is 6.52. The number of carbonyl (C=O) groups excluding carboxylic acids is 1. The first kappa shape index (κ1) is 19.9. The molecule has 29 heavy (non-hydrogen) atoms. The molecule has 0 aliphatic carbocycles. The lowest BCUT2D eigenvalue weighted by atomic mass is 10.1. The van der Waals surface area contributed by atoms with Crippen molar-refractivity contribution in [3.05, 3.63) is 71.3 Å². The van der Waals surface area contributed by atoms with E-state index in [1.54, 1.807) is 17.7 Å². The van der Waals surface area contributed by atoms with Gasteiger partial charge in [-0.1, -0.05) is 60.6 Å². The summed E-state index contributed by atoms with van der Waals surface area (Å²) in [6, 6.07) is 17.2. The Morgan fingerprint density at radius 3 is 2.62 bits per heavy atom. The van der Waals surface area contributed by atoms with Gasteiger partial charge >= 0.3 is 0 Å². The number of amides is 1. The van der Waals surface area contributed by atoms with Crippen molar-refractivity contribution in [1.82, 2.24) is 9.97 Å². The molecule has 4 aromatic rings. The summed E-state index contributed by atoms with van der Waals surface area (Å²) in [4.78, 5) is 22.7. The number of anilines is 1. The molecule has 0 bridgehead atoms. The molecule has 0 spiro atoms. The van der Waals surface area contributed by atoms with Gasteiger partial charge in [0.15, 0.2) is 0 Å². The largest absolute Gasteiger partial charge is 0.325 e. The van der Waals surface area contributed by atoms with Gasteiger partial charge in [0.25, 0.3) is 0 Å². The second-order valence-corrected chi connectivity index (χ2v) is 8.87. The zero-order valence-corrected chi connectivity index (χ0v) is 18.0. The lowest BCUT2D eigenvalue weighted by Crippen LogP contribution is -2.24. The summed E-state index contributed by atoms with van der Waals surface area (Å²) >= 11 is 9.10. The van der Waals surface area contributed by atoms with Crippen molar-refractivity contribution in [2.45, 2.75) is 23.6 Å². The van der Waals surface area contributed by atoms with Crippen LogP contribution < -0.4 is 5.32 Å². The second kappa shape index (κ2) is 8.95. The lowest BCUT2D eigenvalue weighted by molar-refractivity contribution is -0.115. The lowest BCUT2D eigenvalue weighted by Gasteiger charge is -2.15. The van der Waals surface area contributed by atoms with Gasteiger partial charge in [0.2, 0.25) is 5.91 Å². The van der Waals surface area contributed by atoms with Crippen LogP contribution in [0.4, 0.5) is 5.69 Å². The number of halogens is 1. The number of nitrogens with zero attached hydrogens (tertiary/aromatic N) is 2. The van der Waals surface area contributed by atoms with Gasteiger partial charge in [0, 0.05) is 21.7 Å². The van der Waals surface area contributed by atoms with Crippen LogP contribution in [0.25, 0.3) is 21.3 Å². The average Bonchev–Trinajstić information content (AvgIpc) is 3.18. The highest BCUT2D eigenvalue weighted by Gasteiger charge is 2.22. The average molecular weight is 440 g/mol. The fraction of sp³-hybridized carbons (Fsp3) is 0.136. The number of nitrogens with one attached hydrogen (secondary N) is 1. The zero-order valence-electron chi connectivity index (χ0n) is 15.6. The number of para-hydroxylation sites is 1. The van der Waals surface area contributed by atoms with E-state index in [9.17, 15) is 4.79 Å². The zero-order chi connectivity index (χ0) is 20.2. The Balaban J connectivity index is 1.65. The van der Waals surface area contributed by atoms with E-state index in [1.165, 1.54) is 11.8 Å². The van der Waals surface area contributed by atoms with Gasteiger partial charge in [0.1, 0.15) is 16.2 Å². The molecule has 0 fully saturated rings. The minimum Gasteiger partial charge on any atom is -0.325 e. The Labute approximate surface area is 182 Å². The number of carbonyl (C=O) groups is 1. The summed E-state index contributed by atoms with van der Waals surface area (Å²) < 4.78 is 0. The minimum absolute atomic E-state index is 0.0289. The smallest absolute Gasteiger partial charge is 0.237 e. The van der Waals surface area contributed by atoms with Crippen molar-refractivity contribution < 1.29 is 4.79 Å². The summed E-state index contributed by atoms with van der Waals surface area (Å²) in [5, 5.41) is 7.31. The predicted molar refractivity (Wildman–Crippen MR) is 123 cm³/mol. The van der Waals surface area contributed by atoms with E-state index >= 15 is 0 Å². The van der Waals surface area contributed by atoms with Crippen LogP contribution in [0.1, 0.15) is 13.3 Å². The molecule has 0 saturated carbocycles. The standard InChI is InChI=1S/C22H18ClN3OS2/c1-2-18(20(27)26-16-6-4-3-5-7-16)29-22-19-17(12-28-21(19)24-13-25-22)14-8-10-15(23)11-9-14/h3-13,18H,2H2,1H3,(H,26,27). The van der Waals surface area contributed by atoms with E-state index in [1.807, 2.05) is 61.5 Å². The molecule has 1 unspecified atom stereocenters. The third-order valence-corrected chi connectivity index (χ3v) is 6.95. The number of thioether (sulfide) groups is 1. The summed E-state index contributed by atoms with van der Waals surface area (Å²) in [7, 11) is 0. The summed E-state index contributed by atoms with van der Waals surface area (Å²) in [6.45, 7) is 2.01. The van der Waals surface area contributed by atoms with Gasteiger partial charge in [-0.2, -0.15) is 0 Å². The Morgan fingerprint density at radius 2 is 1.90 bits per heavy atom. The maximum atomic E-state index is 12.8. The molecule has 1 amide bonds. The van der Waals surface area contributed by atoms with Crippen LogP contribution in [0.5, 0.6) is 0 Å². The Kier molecular flexibility index (Phi) is 6.13. The third-order valence-electron chi connectivity index (χ3n) is 4.45. The highest BCUT2D eigenvalue weighted by molar-refractivity contribution is 8.00. The molecule has 4 nitrogen and oxygen atoms in total. The number of benzene rings is 2. The van der Waals surface area contributed by atoms with Crippen molar-refractivity contribution in [2.75, 3.05) is 5.32 Å². The number of fused-ring (bicyclic) bond motifs is 1. The number of aromatic nitrogens is 2. The molecule has 2 aromatic heterocycles. The van der Waals surface area contributed by atoms with Gasteiger partial charge in [-0.25, -0.2) is 9.97 Å². The first-order valence-electron chi connectivity index (χ1n) is 9.16. The molecule has 7 heteroatoms. The molecular weight excluding hydrogens is 422 g/mol. The van der Waals surface area contributed by atoms with Crippen LogP contribution >= 0.6 is 34.7 Å². The van der Waals surface area contributed by atoms with Crippen molar-refractivity contribution in [3.63, 3.8) is 0 Å². The maximum absolute atomic E-state index is 12.8. The molecule has 2 aromatic carbocycles. The molecule has 2 heterocycles. The van der Waals surface area contributed by atoms with E-state index in [2.05, 4.69) is 20.7 Å². The highest BCUT2D eigenvalue weighted by atomic mass is 35.5. The summed E-state index contributed by atoms with van der Waals surface area (Å²) in [5.41, 5.74) is 2.91. The topological polar surface area (TPSA) is 54.9 Å². The van der Waals surface area contributed by atoms with Gasteiger partial charge < -0.3 is 5.32 Å². The van der Waals surface area contributed by atoms with Crippen LogP contribution in [0.15, 0.2) is 71.3 Å². The molecule has 1 atom stereocenters. The van der Waals surface area contributed by atoms with Crippen molar-refractivity contribution in [1.29, 1.82) is 0 Å². The molecule has 0 aliphatic rings. The first-order valence-corrected chi connectivity index (χ1v) is 11.3. The Hall–Kier alpha value is -2.41. The Morgan fingerprint density at radius 1 is 1.14 bits per heavy atom. The minimum atomic E-state index is -0.258. The second-order valence-electron chi connectivity index (χ2n) is 6.39. The molecular formula is C22H18ClN3OS2. The van der Waals surface area contributed by atoms with Crippen LogP contribution in [-0.2, 0) is 4.79 Å². The first-order chi connectivity index (χ1) is 14.2. The van der Waals surface area contributed by atoms with Gasteiger partial charge in [0.05, 0.1) is 10.6 Å². The van der Waals surface area contributed by atoms with Crippen molar-refractivity contribution in [2.24, 2.45) is 0 Å². The van der Waals surface area contributed by atoms with Crippen LogP contribution in [-0.4, -0.2) is 21.1 Å². The molecule has 4 rings (SSSR count). The van der Waals surface area contributed by atoms with Crippen LogP contribution in [0.2, 0.25) is 5.02 Å².